The first-order valence-corrected chi connectivity index (χ1v) is 4.20. The highest BCUT2D eigenvalue weighted by Crippen LogP contribution is 2.15. The molecule has 0 saturated heterocycles. The van der Waals surface area contributed by atoms with Crippen molar-refractivity contribution in [3.63, 3.8) is 0 Å². The number of pyridine rings is 2. The van der Waals surface area contributed by atoms with Crippen LogP contribution < -0.4 is 0 Å². The van der Waals surface area contributed by atoms with E-state index in [1.165, 1.54) is 0 Å². The Morgan fingerprint density at radius 2 is 1.92 bits per heavy atom. The maximum Gasteiger partial charge on any atom is 0.0703 e. The van der Waals surface area contributed by atoms with Gasteiger partial charge in [0.2, 0.25) is 0 Å². The van der Waals surface area contributed by atoms with Gasteiger partial charge >= 0.3 is 0 Å². The highest BCUT2D eigenvalue weighted by molar-refractivity contribution is 5.58. The summed E-state index contributed by atoms with van der Waals surface area (Å²) < 4.78 is 0. The van der Waals surface area contributed by atoms with Gasteiger partial charge in [-0.2, -0.15) is 0 Å². The molecule has 0 unspecified atom stereocenters. The van der Waals surface area contributed by atoms with Crippen molar-refractivity contribution in [2.75, 3.05) is 0 Å². The third kappa shape index (κ3) is 1.72. The first-order chi connectivity index (χ1) is 6.36. The zero-order valence-corrected chi connectivity index (χ0v) is 7.44. The van der Waals surface area contributed by atoms with E-state index in [-0.39, 0.29) is 0 Å². The van der Waals surface area contributed by atoms with E-state index in [9.17, 15) is 0 Å². The Kier molecular flexibility index (Phi) is 2.04. The maximum absolute atomic E-state index is 4.26. The molecule has 64 valence electrons. The molecule has 2 aromatic heterocycles. The minimum atomic E-state index is 0.994. The summed E-state index contributed by atoms with van der Waals surface area (Å²) >= 11 is 0. The first kappa shape index (κ1) is 7.92. The zero-order valence-electron chi connectivity index (χ0n) is 7.44. The SMILES string of the molecule is Cc1cc(-c2ccccn2)ccn1. The van der Waals surface area contributed by atoms with Crippen molar-refractivity contribution in [1.82, 2.24) is 9.97 Å². The summed E-state index contributed by atoms with van der Waals surface area (Å²) in [5.74, 6) is 0. The summed E-state index contributed by atoms with van der Waals surface area (Å²) in [5.41, 5.74) is 3.13. The molecule has 0 bridgehead atoms. The van der Waals surface area contributed by atoms with Gasteiger partial charge in [-0.25, -0.2) is 0 Å². The van der Waals surface area contributed by atoms with Gasteiger partial charge in [0.25, 0.3) is 0 Å². The minimum absolute atomic E-state index is 0.994. The Balaban J connectivity index is 2.48. The fraction of sp³-hybridized carbons (Fsp3) is 0.0909. The molecule has 0 radical (unpaired) electrons. The first-order valence-electron chi connectivity index (χ1n) is 4.20. The van der Waals surface area contributed by atoms with Crippen molar-refractivity contribution < 1.29 is 0 Å². The predicted molar refractivity (Wildman–Crippen MR) is 52.2 cm³/mol. The van der Waals surface area contributed by atoms with Crippen LogP contribution in [0.2, 0.25) is 0 Å². The van der Waals surface area contributed by atoms with Crippen LogP contribution in [0.25, 0.3) is 11.3 Å². The second kappa shape index (κ2) is 3.35. The van der Waals surface area contributed by atoms with Crippen LogP contribution in [0, 0.1) is 6.92 Å². The van der Waals surface area contributed by atoms with Gasteiger partial charge in [-0.3, -0.25) is 9.97 Å². The molecule has 2 aromatic rings. The molecule has 0 aliphatic heterocycles. The van der Waals surface area contributed by atoms with Gasteiger partial charge in [-0.15, -0.1) is 0 Å². The summed E-state index contributed by atoms with van der Waals surface area (Å²) in [6.07, 6.45) is 3.60. The number of aromatic nitrogens is 2. The van der Waals surface area contributed by atoms with Gasteiger partial charge in [0, 0.05) is 23.7 Å². The van der Waals surface area contributed by atoms with E-state index in [0.29, 0.717) is 0 Å². The summed E-state index contributed by atoms with van der Waals surface area (Å²) in [6, 6.07) is 9.89. The van der Waals surface area contributed by atoms with E-state index in [1.54, 1.807) is 12.4 Å². The van der Waals surface area contributed by atoms with Crippen LogP contribution in [0.3, 0.4) is 0 Å². The Hall–Kier alpha value is -1.70. The molecule has 0 amide bonds. The number of hydrogen-bond acceptors (Lipinski definition) is 2. The molecule has 0 atom stereocenters. The van der Waals surface area contributed by atoms with Crippen LogP contribution in [0.1, 0.15) is 5.69 Å². The van der Waals surface area contributed by atoms with Crippen LogP contribution in [0.15, 0.2) is 42.7 Å². The number of hydrogen-bond donors (Lipinski definition) is 0. The Morgan fingerprint density at radius 1 is 1.00 bits per heavy atom. The largest absolute Gasteiger partial charge is 0.262 e. The second-order valence-corrected chi connectivity index (χ2v) is 2.90. The number of aryl methyl sites for hydroxylation is 1. The minimum Gasteiger partial charge on any atom is -0.262 e. The third-order valence-corrected chi connectivity index (χ3v) is 1.86. The molecule has 2 heterocycles. The average molecular weight is 170 g/mol. The summed E-state index contributed by atoms with van der Waals surface area (Å²) in [5, 5.41) is 0. The molecule has 2 rings (SSSR count). The van der Waals surface area contributed by atoms with Crippen LogP contribution in [0.5, 0.6) is 0 Å². The van der Waals surface area contributed by atoms with E-state index < -0.39 is 0 Å². The van der Waals surface area contributed by atoms with Gasteiger partial charge in [-0.05, 0) is 31.2 Å². The molecule has 0 saturated carbocycles. The van der Waals surface area contributed by atoms with Crippen molar-refractivity contribution in [1.29, 1.82) is 0 Å². The van der Waals surface area contributed by atoms with Gasteiger partial charge in [-0.1, -0.05) is 6.07 Å². The van der Waals surface area contributed by atoms with Gasteiger partial charge in [0.15, 0.2) is 0 Å². The van der Waals surface area contributed by atoms with Crippen LogP contribution in [-0.2, 0) is 0 Å². The average Bonchev–Trinajstić information content (AvgIpc) is 2.19. The van der Waals surface area contributed by atoms with Crippen molar-refractivity contribution in [2.45, 2.75) is 6.92 Å². The summed E-state index contributed by atoms with van der Waals surface area (Å²) in [7, 11) is 0. The molecular formula is C11H10N2. The van der Waals surface area contributed by atoms with E-state index in [0.717, 1.165) is 17.0 Å². The van der Waals surface area contributed by atoms with Crippen molar-refractivity contribution >= 4 is 0 Å². The molecule has 0 aliphatic rings. The van der Waals surface area contributed by atoms with Crippen LogP contribution >= 0.6 is 0 Å². The molecular weight excluding hydrogens is 160 g/mol. The lowest BCUT2D eigenvalue weighted by Gasteiger charge is -1.99. The van der Waals surface area contributed by atoms with Crippen molar-refractivity contribution in [2.24, 2.45) is 0 Å². The predicted octanol–water partition coefficient (Wildman–Crippen LogP) is 2.45. The number of nitrogens with zero attached hydrogens (tertiary/aromatic N) is 2. The normalized spacial score (nSPS) is 9.92. The molecule has 13 heavy (non-hydrogen) atoms. The Labute approximate surface area is 77.3 Å². The summed E-state index contributed by atoms with van der Waals surface area (Å²) in [4.78, 5) is 8.40. The standard InChI is InChI=1S/C11H10N2/c1-9-8-10(5-7-12-9)11-4-2-3-6-13-11/h2-8H,1H3. The monoisotopic (exact) mass is 170 g/mol. The maximum atomic E-state index is 4.26. The van der Waals surface area contributed by atoms with Gasteiger partial charge < -0.3 is 0 Å². The van der Waals surface area contributed by atoms with Crippen molar-refractivity contribution in [3.05, 3.63) is 48.4 Å². The second-order valence-electron chi connectivity index (χ2n) is 2.90. The highest BCUT2D eigenvalue weighted by Gasteiger charge is 1.96. The highest BCUT2D eigenvalue weighted by atomic mass is 14.7. The molecule has 0 aliphatic carbocycles. The topological polar surface area (TPSA) is 25.8 Å². The van der Waals surface area contributed by atoms with Crippen LogP contribution in [-0.4, -0.2) is 9.97 Å². The van der Waals surface area contributed by atoms with Crippen molar-refractivity contribution in [3.8, 4) is 11.3 Å². The lowest BCUT2D eigenvalue weighted by molar-refractivity contribution is 1.19. The van der Waals surface area contributed by atoms with E-state index in [2.05, 4.69) is 9.97 Å². The van der Waals surface area contributed by atoms with E-state index >= 15 is 0 Å². The molecule has 2 heteroatoms. The van der Waals surface area contributed by atoms with E-state index in [1.807, 2.05) is 37.3 Å². The lowest BCUT2D eigenvalue weighted by Crippen LogP contribution is -1.84. The zero-order chi connectivity index (χ0) is 9.10. The molecule has 0 aromatic carbocycles. The lowest BCUT2D eigenvalue weighted by atomic mass is 10.1. The fourth-order valence-corrected chi connectivity index (χ4v) is 1.24. The smallest absolute Gasteiger partial charge is 0.0703 e. The Bertz CT molecular complexity index is 396. The molecule has 2 nitrogen and oxygen atoms in total. The fourth-order valence-electron chi connectivity index (χ4n) is 1.24. The van der Waals surface area contributed by atoms with Crippen LogP contribution in [0.4, 0.5) is 0 Å². The number of rotatable bonds is 1. The molecule has 0 fully saturated rings. The van der Waals surface area contributed by atoms with E-state index in [4.69, 9.17) is 0 Å². The summed E-state index contributed by atoms with van der Waals surface area (Å²) in [6.45, 7) is 1.98. The Morgan fingerprint density at radius 3 is 2.62 bits per heavy atom. The molecule has 0 N–H and O–H groups in total. The third-order valence-electron chi connectivity index (χ3n) is 1.86. The quantitative estimate of drug-likeness (QED) is 0.657. The van der Waals surface area contributed by atoms with Gasteiger partial charge in [0.1, 0.15) is 0 Å². The van der Waals surface area contributed by atoms with Gasteiger partial charge in [0.05, 0.1) is 5.69 Å². The molecule has 0 spiro atoms.